The van der Waals surface area contributed by atoms with Crippen molar-refractivity contribution in [2.24, 2.45) is 0 Å². The molecule has 2 heterocycles. The van der Waals surface area contributed by atoms with Crippen molar-refractivity contribution in [1.29, 1.82) is 0 Å². The van der Waals surface area contributed by atoms with E-state index in [9.17, 15) is 0 Å². The maximum Gasteiger partial charge on any atom is 0.0315 e. The second kappa shape index (κ2) is 6.86. The highest BCUT2D eigenvalue weighted by atomic mass is 15.0. The van der Waals surface area contributed by atoms with Gasteiger partial charge in [-0.2, -0.15) is 0 Å². The topological polar surface area (TPSA) is 37.0 Å². The molecule has 0 saturated carbocycles. The largest absolute Gasteiger partial charge is 0.314 e. The molecule has 100 valence electrons. The van der Waals surface area contributed by atoms with Gasteiger partial charge in [-0.25, -0.2) is 0 Å². The zero-order valence-electron chi connectivity index (χ0n) is 11.5. The molecule has 1 fully saturated rings. The molecule has 1 aromatic rings. The Morgan fingerprint density at radius 2 is 2.33 bits per heavy atom. The molecule has 3 unspecified atom stereocenters. The standard InChI is InChI=1S/C15H25N3/c1-12(10-15-7-3-4-9-17-15)18-13(2)14-6-5-8-16-11-14/h5-6,8,11-13,15,17-18H,3-4,7,9-10H2,1-2H3. The van der Waals surface area contributed by atoms with Gasteiger partial charge in [-0.1, -0.05) is 12.5 Å². The Hall–Kier alpha value is -0.930. The molecule has 3 atom stereocenters. The first-order valence-electron chi connectivity index (χ1n) is 7.15. The lowest BCUT2D eigenvalue weighted by atomic mass is 9.98. The van der Waals surface area contributed by atoms with Crippen LogP contribution in [0.3, 0.4) is 0 Å². The predicted octanol–water partition coefficient (Wildman–Crippen LogP) is 2.65. The number of piperidine rings is 1. The SMILES string of the molecule is CC(CC1CCCCN1)NC(C)c1cccnc1. The number of aromatic nitrogens is 1. The first kappa shape index (κ1) is 13.5. The molecular formula is C15H25N3. The van der Waals surface area contributed by atoms with Crippen LogP contribution in [0.1, 0.15) is 51.1 Å². The minimum atomic E-state index is 0.372. The Labute approximate surface area is 110 Å². The summed E-state index contributed by atoms with van der Waals surface area (Å²) in [6.45, 7) is 5.68. The fourth-order valence-corrected chi connectivity index (χ4v) is 2.78. The van der Waals surface area contributed by atoms with Gasteiger partial charge in [-0.15, -0.1) is 0 Å². The van der Waals surface area contributed by atoms with Crippen LogP contribution in [0.4, 0.5) is 0 Å². The van der Waals surface area contributed by atoms with Gasteiger partial charge in [0, 0.05) is 30.5 Å². The van der Waals surface area contributed by atoms with Crippen LogP contribution in [0.25, 0.3) is 0 Å². The molecule has 0 bridgehead atoms. The summed E-state index contributed by atoms with van der Waals surface area (Å²) < 4.78 is 0. The predicted molar refractivity (Wildman–Crippen MR) is 75.5 cm³/mol. The lowest BCUT2D eigenvalue weighted by molar-refractivity contribution is 0.334. The fraction of sp³-hybridized carbons (Fsp3) is 0.667. The van der Waals surface area contributed by atoms with Crippen LogP contribution in [-0.2, 0) is 0 Å². The molecule has 3 nitrogen and oxygen atoms in total. The number of nitrogens with one attached hydrogen (secondary N) is 2. The number of rotatable bonds is 5. The third-order valence-corrected chi connectivity index (χ3v) is 3.77. The highest BCUT2D eigenvalue weighted by Crippen LogP contribution is 2.15. The van der Waals surface area contributed by atoms with Crippen LogP contribution < -0.4 is 10.6 Å². The third kappa shape index (κ3) is 4.07. The Morgan fingerprint density at radius 3 is 3.00 bits per heavy atom. The third-order valence-electron chi connectivity index (χ3n) is 3.77. The Bertz CT molecular complexity index is 333. The molecule has 18 heavy (non-hydrogen) atoms. The summed E-state index contributed by atoms with van der Waals surface area (Å²) >= 11 is 0. The number of hydrogen-bond donors (Lipinski definition) is 2. The van der Waals surface area contributed by atoms with Gasteiger partial charge < -0.3 is 10.6 Å². The van der Waals surface area contributed by atoms with E-state index in [1.165, 1.54) is 37.8 Å². The molecular weight excluding hydrogens is 222 g/mol. The lowest BCUT2D eigenvalue weighted by Crippen LogP contribution is -2.40. The molecule has 1 saturated heterocycles. The summed E-state index contributed by atoms with van der Waals surface area (Å²) in [5, 5.41) is 7.27. The molecule has 2 N–H and O–H groups in total. The van der Waals surface area contributed by atoms with Crippen molar-refractivity contribution in [3.05, 3.63) is 30.1 Å². The van der Waals surface area contributed by atoms with E-state index in [4.69, 9.17) is 0 Å². The lowest BCUT2D eigenvalue weighted by Gasteiger charge is -2.28. The zero-order chi connectivity index (χ0) is 12.8. The highest BCUT2D eigenvalue weighted by molar-refractivity contribution is 5.12. The van der Waals surface area contributed by atoms with E-state index in [-0.39, 0.29) is 0 Å². The van der Waals surface area contributed by atoms with E-state index in [0.29, 0.717) is 18.1 Å². The average molecular weight is 247 g/mol. The molecule has 1 aliphatic heterocycles. The van der Waals surface area contributed by atoms with Crippen molar-refractivity contribution in [3.8, 4) is 0 Å². The first-order valence-corrected chi connectivity index (χ1v) is 7.15. The molecule has 0 amide bonds. The summed E-state index contributed by atoms with van der Waals surface area (Å²) in [4.78, 5) is 4.18. The molecule has 3 heteroatoms. The second-order valence-electron chi connectivity index (χ2n) is 5.46. The quantitative estimate of drug-likeness (QED) is 0.840. The van der Waals surface area contributed by atoms with Crippen LogP contribution in [0, 0.1) is 0 Å². The summed E-state index contributed by atoms with van der Waals surface area (Å²) in [7, 11) is 0. The zero-order valence-corrected chi connectivity index (χ0v) is 11.5. The molecule has 0 radical (unpaired) electrons. The van der Waals surface area contributed by atoms with Crippen molar-refractivity contribution in [2.75, 3.05) is 6.54 Å². The van der Waals surface area contributed by atoms with E-state index in [1.807, 2.05) is 18.5 Å². The van der Waals surface area contributed by atoms with Gasteiger partial charge in [0.15, 0.2) is 0 Å². The summed E-state index contributed by atoms with van der Waals surface area (Å²) in [6, 6.07) is 5.74. The Balaban J connectivity index is 1.78. The van der Waals surface area contributed by atoms with E-state index >= 15 is 0 Å². The molecule has 2 rings (SSSR count). The number of nitrogens with zero attached hydrogens (tertiary/aromatic N) is 1. The fourth-order valence-electron chi connectivity index (χ4n) is 2.78. The normalized spacial score (nSPS) is 23.6. The van der Waals surface area contributed by atoms with Gasteiger partial charge >= 0.3 is 0 Å². The van der Waals surface area contributed by atoms with E-state index in [2.05, 4.69) is 35.5 Å². The monoisotopic (exact) mass is 247 g/mol. The maximum atomic E-state index is 4.18. The van der Waals surface area contributed by atoms with E-state index < -0.39 is 0 Å². The summed E-state index contributed by atoms with van der Waals surface area (Å²) in [5.41, 5.74) is 1.26. The first-order chi connectivity index (χ1) is 8.75. The van der Waals surface area contributed by atoms with E-state index in [0.717, 1.165) is 0 Å². The Morgan fingerprint density at radius 1 is 1.44 bits per heavy atom. The van der Waals surface area contributed by atoms with Crippen LogP contribution in [0.2, 0.25) is 0 Å². The van der Waals surface area contributed by atoms with Crippen LogP contribution in [0.15, 0.2) is 24.5 Å². The van der Waals surface area contributed by atoms with Crippen LogP contribution in [-0.4, -0.2) is 23.6 Å². The molecule has 1 aliphatic rings. The Kier molecular flexibility index (Phi) is 5.14. The number of hydrogen-bond acceptors (Lipinski definition) is 3. The van der Waals surface area contributed by atoms with Gasteiger partial charge in [-0.05, 0) is 51.3 Å². The van der Waals surface area contributed by atoms with Gasteiger partial charge in [0.2, 0.25) is 0 Å². The molecule has 0 spiro atoms. The van der Waals surface area contributed by atoms with Crippen LogP contribution >= 0.6 is 0 Å². The molecule has 0 aliphatic carbocycles. The van der Waals surface area contributed by atoms with Gasteiger partial charge in [0.05, 0.1) is 0 Å². The number of pyridine rings is 1. The van der Waals surface area contributed by atoms with Crippen LogP contribution in [0.5, 0.6) is 0 Å². The average Bonchev–Trinajstić information content (AvgIpc) is 2.40. The maximum absolute atomic E-state index is 4.18. The minimum absolute atomic E-state index is 0.372. The summed E-state index contributed by atoms with van der Waals surface area (Å²) in [6.07, 6.45) is 9.03. The van der Waals surface area contributed by atoms with Crippen molar-refractivity contribution in [3.63, 3.8) is 0 Å². The smallest absolute Gasteiger partial charge is 0.0315 e. The molecule has 1 aromatic heterocycles. The van der Waals surface area contributed by atoms with Crippen molar-refractivity contribution < 1.29 is 0 Å². The van der Waals surface area contributed by atoms with Crippen molar-refractivity contribution >= 4 is 0 Å². The van der Waals surface area contributed by atoms with Crippen molar-refractivity contribution in [2.45, 2.75) is 57.7 Å². The van der Waals surface area contributed by atoms with Gasteiger partial charge in [-0.3, -0.25) is 4.98 Å². The van der Waals surface area contributed by atoms with E-state index in [1.54, 1.807) is 0 Å². The van der Waals surface area contributed by atoms with Gasteiger partial charge in [0.1, 0.15) is 0 Å². The summed E-state index contributed by atoms with van der Waals surface area (Å²) in [5.74, 6) is 0. The van der Waals surface area contributed by atoms with Crippen molar-refractivity contribution in [1.82, 2.24) is 15.6 Å². The molecule has 0 aromatic carbocycles. The van der Waals surface area contributed by atoms with Gasteiger partial charge in [0.25, 0.3) is 0 Å². The highest BCUT2D eigenvalue weighted by Gasteiger charge is 2.17. The minimum Gasteiger partial charge on any atom is -0.314 e. The second-order valence-corrected chi connectivity index (χ2v) is 5.46.